The molecular weight excluding hydrogens is 268 g/mol. The number of rotatable bonds is 8. The number of aryl methyl sites for hydroxylation is 1. The Morgan fingerprint density at radius 3 is 2.86 bits per heavy atom. The Balaban J connectivity index is 2.55. The molecular formula is C15H22N4O2. The fourth-order valence-electron chi connectivity index (χ4n) is 1.82. The second-order valence-electron chi connectivity index (χ2n) is 4.80. The SMILES string of the molecule is COCCN(CCC#N)CC(=O)Nc1ccc(C)c(N)c1. The number of carbonyl (C=O) groups is 1. The molecule has 1 aromatic carbocycles. The molecule has 0 saturated heterocycles. The molecule has 1 rings (SSSR count). The molecule has 21 heavy (non-hydrogen) atoms. The molecule has 3 N–H and O–H groups in total. The van der Waals surface area contributed by atoms with Gasteiger partial charge in [0, 0.05) is 38.0 Å². The summed E-state index contributed by atoms with van der Waals surface area (Å²) in [7, 11) is 1.61. The summed E-state index contributed by atoms with van der Waals surface area (Å²) >= 11 is 0. The number of benzene rings is 1. The van der Waals surface area contributed by atoms with Gasteiger partial charge in [-0.2, -0.15) is 5.26 Å². The normalized spacial score (nSPS) is 10.4. The van der Waals surface area contributed by atoms with Crippen LogP contribution in [0.15, 0.2) is 18.2 Å². The van der Waals surface area contributed by atoms with Crippen LogP contribution in [0.3, 0.4) is 0 Å². The first-order valence-corrected chi connectivity index (χ1v) is 6.81. The van der Waals surface area contributed by atoms with Crippen LogP contribution in [0.4, 0.5) is 11.4 Å². The van der Waals surface area contributed by atoms with Gasteiger partial charge in [0.2, 0.25) is 5.91 Å². The van der Waals surface area contributed by atoms with Gasteiger partial charge in [0.25, 0.3) is 0 Å². The summed E-state index contributed by atoms with van der Waals surface area (Å²) in [6.45, 7) is 3.81. The van der Waals surface area contributed by atoms with Crippen molar-refractivity contribution in [1.82, 2.24) is 4.90 Å². The first kappa shape index (κ1) is 17.0. The first-order valence-electron chi connectivity index (χ1n) is 6.81. The van der Waals surface area contributed by atoms with Gasteiger partial charge in [-0.25, -0.2) is 0 Å². The zero-order valence-corrected chi connectivity index (χ0v) is 12.6. The van der Waals surface area contributed by atoms with Crippen LogP contribution < -0.4 is 11.1 Å². The largest absolute Gasteiger partial charge is 0.398 e. The molecule has 0 aromatic heterocycles. The number of nitrogen functional groups attached to an aromatic ring is 1. The number of nitrogens with one attached hydrogen (secondary N) is 1. The van der Waals surface area contributed by atoms with E-state index < -0.39 is 0 Å². The molecule has 1 amide bonds. The average molecular weight is 290 g/mol. The zero-order chi connectivity index (χ0) is 15.7. The minimum absolute atomic E-state index is 0.132. The van der Waals surface area contributed by atoms with Gasteiger partial charge in [0.05, 0.1) is 19.2 Å². The maximum absolute atomic E-state index is 12.0. The predicted octanol–water partition coefficient (Wildman–Crippen LogP) is 1.38. The van der Waals surface area contributed by atoms with Crippen LogP contribution in [-0.2, 0) is 9.53 Å². The Hall–Kier alpha value is -2.10. The number of methoxy groups -OCH3 is 1. The molecule has 0 atom stereocenters. The van der Waals surface area contributed by atoms with E-state index in [1.165, 1.54) is 0 Å². The minimum Gasteiger partial charge on any atom is -0.398 e. The third kappa shape index (κ3) is 6.25. The lowest BCUT2D eigenvalue weighted by Gasteiger charge is -2.20. The Labute approximate surface area is 125 Å². The molecule has 0 aliphatic rings. The van der Waals surface area contributed by atoms with E-state index >= 15 is 0 Å². The molecule has 0 saturated carbocycles. The van der Waals surface area contributed by atoms with Crippen LogP contribution in [0.5, 0.6) is 0 Å². The monoisotopic (exact) mass is 290 g/mol. The maximum Gasteiger partial charge on any atom is 0.238 e. The number of nitriles is 1. The number of amides is 1. The Kier molecular flexibility index (Phi) is 7.23. The number of carbonyl (C=O) groups excluding carboxylic acids is 1. The van der Waals surface area contributed by atoms with E-state index in [-0.39, 0.29) is 12.5 Å². The summed E-state index contributed by atoms with van der Waals surface area (Å²) in [4.78, 5) is 13.9. The summed E-state index contributed by atoms with van der Waals surface area (Å²) in [5.74, 6) is -0.132. The second-order valence-corrected chi connectivity index (χ2v) is 4.80. The smallest absolute Gasteiger partial charge is 0.238 e. The fourth-order valence-corrected chi connectivity index (χ4v) is 1.82. The average Bonchev–Trinajstić information content (AvgIpc) is 2.45. The number of nitrogens with zero attached hydrogens (tertiary/aromatic N) is 2. The number of nitrogens with two attached hydrogens (primary N) is 1. The maximum atomic E-state index is 12.0. The van der Waals surface area contributed by atoms with Crippen molar-refractivity contribution in [3.63, 3.8) is 0 Å². The van der Waals surface area contributed by atoms with Gasteiger partial charge in [-0.15, -0.1) is 0 Å². The lowest BCUT2D eigenvalue weighted by molar-refractivity contribution is -0.117. The summed E-state index contributed by atoms with van der Waals surface area (Å²) in [5, 5.41) is 11.5. The molecule has 6 heteroatoms. The summed E-state index contributed by atoms with van der Waals surface area (Å²) < 4.78 is 5.01. The fraction of sp³-hybridized carbons (Fsp3) is 0.467. The van der Waals surface area contributed by atoms with Crippen LogP contribution in [0.25, 0.3) is 0 Å². The van der Waals surface area contributed by atoms with Crippen LogP contribution in [-0.4, -0.2) is 44.2 Å². The molecule has 0 unspecified atom stereocenters. The predicted molar refractivity (Wildman–Crippen MR) is 82.8 cm³/mol. The van der Waals surface area contributed by atoms with E-state index in [0.717, 1.165) is 5.56 Å². The van der Waals surface area contributed by atoms with E-state index in [4.69, 9.17) is 15.7 Å². The number of anilines is 2. The molecule has 114 valence electrons. The highest BCUT2D eigenvalue weighted by Crippen LogP contribution is 2.16. The molecule has 6 nitrogen and oxygen atoms in total. The van der Waals surface area contributed by atoms with Crippen molar-refractivity contribution in [3.05, 3.63) is 23.8 Å². The number of hydrogen-bond donors (Lipinski definition) is 2. The van der Waals surface area contributed by atoms with Gasteiger partial charge in [-0.1, -0.05) is 6.07 Å². The highest BCUT2D eigenvalue weighted by atomic mass is 16.5. The summed E-state index contributed by atoms with van der Waals surface area (Å²) in [5.41, 5.74) is 8.11. The standard InChI is InChI=1S/C15H22N4O2/c1-12-4-5-13(10-14(12)17)18-15(20)11-19(7-3-6-16)8-9-21-2/h4-5,10H,3,7-9,11,17H2,1-2H3,(H,18,20). The van der Waals surface area contributed by atoms with Crippen molar-refractivity contribution in [2.75, 3.05) is 44.4 Å². The Morgan fingerprint density at radius 2 is 2.24 bits per heavy atom. The van der Waals surface area contributed by atoms with Gasteiger partial charge < -0.3 is 15.8 Å². The van der Waals surface area contributed by atoms with Gasteiger partial charge in [-0.05, 0) is 24.6 Å². The third-order valence-electron chi connectivity index (χ3n) is 3.08. The molecule has 0 spiro atoms. The lowest BCUT2D eigenvalue weighted by Crippen LogP contribution is -2.36. The quantitative estimate of drug-likeness (QED) is 0.706. The van der Waals surface area contributed by atoms with E-state index in [9.17, 15) is 4.79 Å². The topological polar surface area (TPSA) is 91.4 Å². The van der Waals surface area contributed by atoms with E-state index in [1.807, 2.05) is 24.0 Å². The van der Waals surface area contributed by atoms with Crippen molar-refractivity contribution < 1.29 is 9.53 Å². The van der Waals surface area contributed by atoms with Crippen LogP contribution in [0, 0.1) is 18.3 Å². The molecule has 0 bridgehead atoms. The second kappa shape index (κ2) is 8.95. The Bertz CT molecular complexity index is 511. The molecule has 0 heterocycles. The summed E-state index contributed by atoms with van der Waals surface area (Å²) in [6, 6.07) is 7.50. The Morgan fingerprint density at radius 1 is 1.48 bits per heavy atom. The van der Waals surface area contributed by atoms with Crippen molar-refractivity contribution >= 4 is 17.3 Å². The number of ether oxygens (including phenoxy) is 1. The van der Waals surface area contributed by atoms with Crippen molar-refractivity contribution in [2.24, 2.45) is 0 Å². The van der Waals surface area contributed by atoms with Crippen LogP contribution in [0.2, 0.25) is 0 Å². The molecule has 0 aliphatic carbocycles. The summed E-state index contributed by atoms with van der Waals surface area (Å²) in [6.07, 6.45) is 0.383. The van der Waals surface area contributed by atoms with E-state index in [1.54, 1.807) is 13.2 Å². The molecule has 0 radical (unpaired) electrons. The van der Waals surface area contributed by atoms with Crippen LogP contribution in [0.1, 0.15) is 12.0 Å². The molecule has 1 aromatic rings. The molecule has 0 aliphatic heterocycles. The van der Waals surface area contributed by atoms with Gasteiger partial charge in [-0.3, -0.25) is 9.69 Å². The van der Waals surface area contributed by atoms with E-state index in [2.05, 4.69) is 11.4 Å². The van der Waals surface area contributed by atoms with Crippen molar-refractivity contribution in [1.29, 1.82) is 5.26 Å². The van der Waals surface area contributed by atoms with E-state index in [0.29, 0.717) is 37.5 Å². The highest BCUT2D eigenvalue weighted by Gasteiger charge is 2.11. The van der Waals surface area contributed by atoms with Crippen molar-refractivity contribution in [2.45, 2.75) is 13.3 Å². The van der Waals surface area contributed by atoms with Gasteiger partial charge in [0.15, 0.2) is 0 Å². The zero-order valence-electron chi connectivity index (χ0n) is 12.6. The van der Waals surface area contributed by atoms with Gasteiger partial charge >= 0.3 is 0 Å². The number of hydrogen-bond acceptors (Lipinski definition) is 5. The lowest BCUT2D eigenvalue weighted by atomic mass is 10.2. The minimum atomic E-state index is -0.132. The highest BCUT2D eigenvalue weighted by molar-refractivity contribution is 5.92. The van der Waals surface area contributed by atoms with Crippen LogP contribution >= 0.6 is 0 Å². The first-order chi connectivity index (χ1) is 10.1. The molecule has 0 fully saturated rings. The van der Waals surface area contributed by atoms with Crippen molar-refractivity contribution in [3.8, 4) is 6.07 Å². The third-order valence-corrected chi connectivity index (χ3v) is 3.08. The van der Waals surface area contributed by atoms with Gasteiger partial charge in [0.1, 0.15) is 0 Å².